The van der Waals surface area contributed by atoms with E-state index in [4.69, 9.17) is 5.73 Å². The topological polar surface area (TPSA) is 38.0 Å². The molecule has 0 spiro atoms. The Morgan fingerprint density at radius 3 is 2.06 bits per heavy atom. The van der Waals surface area contributed by atoms with E-state index in [1.54, 1.807) is 0 Å². The first-order valence-corrected chi connectivity index (χ1v) is 6.13. The second kappa shape index (κ2) is 4.77. The van der Waals surface area contributed by atoms with Crippen molar-refractivity contribution in [1.82, 2.24) is 0 Å². The summed E-state index contributed by atoms with van der Waals surface area (Å²) in [7, 11) is 2.51. The molecule has 0 aliphatic rings. The van der Waals surface area contributed by atoms with Crippen molar-refractivity contribution in [2.45, 2.75) is 13.8 Å². The summed E-state index contributed by atoms with van der Waals surface area (Å²) in [6.07, 6.45) is 0. The minimum atomic E-state index is 0.812. The highest BCUT2D eigenvalue weighted by Crippen LogP contribution is 2.29. The fraction of sp³-hybridized carbons (Fsp3) is 0.143. The Morgan fingerprint density at radius 2 is 1.53 bits per heavy atom. The van der Waals surface area contributed by atoms with E-state index in [0.717, 1.165) is 11.4 Å². The van der Waals surface area contributed by atoms with Gasteiger partial charge in [0.1, 0.15) is 0 Å². The molecule has 0 aromatic heterocycles. The molecule has 88 valence electrons. The zero-order chi connectivity index (χ0) is 12.4. The highest BCUT2D eigenvalue weighted by atomic mass is 31.0. The Balaban J connectivity index is 2.53. The summed E-state index contributed by atoms with van der Waals surface area (Å²) in [6.45, 7) is 4.21. The third kappa shape index (κ3) is 2.42. The van der Waals surface area contributed by atoms with Gasteiger partial charge in [-0.3, -0.25) is 0 Å². The van der Waals surface area contributed by atoms with Crippen molar-refractivity contribution in [3.63, 3.8) is 0 Å². The molecule has 1 atom stereocenters. The number of nitrogen functional groups attached to an aromatic ring is 1. The number of aryl methyl sites for hydroxylation is 2. The molecule has 2 aromatic carbocycles. The van der Waals surface area contributed by atoms with Gasteiger partial charge in [0, 0.05) is 11.4 Å². The third-order valence-electron chi connectivity index (χ3n) is 2.93. The van der Waals surface area contributed by atoms with Crippen LogP contribution in [0.1, 0.15) is 11.1 Å². The molecule has 0 saturated heterocycles. The van der Waals surface area contributed by atoms with Gasteiger partial charge in [0.25, 0.3) is 0 Å². The van der Waals surface area contributed by atoms with Crippen molar-refractivity contribution in [1.29, 1.82) is 0 Å². The molecule has 0 aliphatic heterocycles. The van der Waals surface area contributed by atoms with E-state index in [-0.39, 0.29) is 0 Å². The van der Waals surface area contributed by atoms with E-state index in [1.807, 2.05) is 12.1 Å². The largest absolute Gasteiger partial charge is 0.399 e. The van der Waals surface area contributed by atoms with Crippen molar-refractivity contribution in [3.8, 4) is 11.1 Å². The Labute approximate surface area is 104 Å². The number of rotatable bonds is 2. The average Bonchev–Trinajstić information content (AvgIpc) is 2.30. The van der Waals surface area contributed by atoms with Crippen LogP contribution in [-0.2, 0) is 0 Å². The van der Waals surface area contributed by atoms with Gasteiger partial charge in [-0.25, -0.2) is 0 Å². The lowest BCUT2D eigenvalue weighted by Gasteiger charge is -2.11. The number of nitrogens with two attached hydrogens (primary N) is 1. The Bertz CT molecular complexity index is 550. The van der Waals surface area contributed by atoms with Crippen molar-refractivity contribution in [2.75, 3.05) is 10.8 Å². The number of nitrogens with one attached hydrogen (secondary N) is 1. The average molecular weight is 244 g/mol. The van der Waals surface area contributed by atoms with Gasteiger partial charge in [0.05, 0.1) is 0 Å². The second-order valence-electron chi connectivity index (χ2n) is 4.25. The van der Waals surface area contributed by atoms with E-state index in [2.05, 4.69) is 52.6 Å². The lowest BCUT2D eigenvalue weighted by atomic mass is 9.96. The molecule has 2 aromatic rings. The van der Waals surface area contributed by atoms with Crippen LogP contribution in [0, 0.1) is 13.8 Å². The lowest BCUT2D eigenvalue weighted by Crippen LogP contribution is -1.91. The van der Waals surface area contributed by atoms with E-state index in [9.17, 15) is 0 Å². The van der Waals surface area contributed by atoms with Crippen molar-refractivity contribution in [3.05, 3.63) is 47.5 Å². The Hall–Kier alpha value is -1.53. The van der Waals surface area contributed by atoms with Gasteiger partial charge in [-0.1, -0.05) is 12.1 Å². The number of benzene rings is 2. The molecule has 0 fully saturated rings. The zero-order valence-electron chi connectivity index (χ0n) is 10.1. The normalized spacial score (nSPS) is 10.3. The molecule has 3 N–H and O–H groups in total. The highest BCUT2D eigenvalue weighted by molar-refractivity contribution is 7.18. The quantitative estimate of drug-likeness (QED) is 0.623. The van der Waals surface area contributed by atoms with Crippen molar-refractivity contribution >= 4 is 20.8 Å². The maximum absolute atomic E-state index is 5.78. The van der Waals surface area contributed by atoms with Gasteiger partial charge in [-0.05, 0) is 69.8 Å². The molecule has 0 bridgehead atoms. The molecule has 0 radical (unpaired) electrons. The molecule has 3 heteroatoms. The van der Waals surface area contributed by atoms with E-state index >= 15 is 0 Å². The van der Waals surface area contributed by atoms with Gasteiger partial charge in [0.2, 0.25) is 0 Å². The van der Waals surface area contributed by atoms with Crippen LogP contribution in [0.15, 0.2) is 36.4 Å². The molecule has 0 aliphatic carbocycles. The minimum absolute atomic E-state index is 0.812. The van der Waals surface area contributed by atoms with Crippen LogP contribution in [0.2, 0.25) is 0 Å². The molecular weight excluding hydrogens is 227 g/mol. The van der Waals surface area contributed by atoms with Gasteiger partial charge < -0.3 is 10.8 Å². The third-order valence-corrected chi connectivity index (χ3v) is 3.27. The molecule has 0 amide bonds. The zero-order valence-corrected chi connectivity index (χ0v) is 11.3. The SMILES string of the molecule is Cc1cc(N)ccc1-c1ccc(NP)cc1C. The second-order valence-corrected chi connectivity index (χ2v) is 4.54. The predicted molar refractivity (Wildman–Crippen MR) is 79.1 cm³/mol. The molecule has 0 heterocycles. The molecule has 0 saturated carbocycles. The first-order valence-electron chi connectivity index (χ1n) is 5.55. The van der Waals surface area contributed by atoms with Gasteiger partial charge >= 0.3 is 0 Å². The van der Waals surface area contributed by atoms with E-state index < -0.39 is 0 Å². The fourth-order valence-corrected chi connectivity index (χ4v) is 2.22. The fourth-order valence-electron chi connectivity index (χ4n) is 2.04. The predicted octanol–water partition coefficient (Wildman–Crippen LogP) is 3.75. The first kappa shape index (κ1) is 11.9. The maximum Gasteiger partial charge on any atom is 0.0371 e. The summed E-state index contributed by atoms with van der Waals surface area (Å²) >= 11 is 0. The monoisotopic (exact) mass is 244 g/mol. The number of hydrogen-bond acceptors (Lipinski definition) is 2. The van der Waals surface area contributed by atoms with Crippen LogP contribution in [0.25, 0.3) is 11.1 Å². The summed E-state index contributed by atoms with van der Waals surface area (Å²) in [5.41, 5.74) is 12.7. The summed E-state index contributed by atoms with van der Waals surface area (Å²) in [4.78, 5) is 0. The van der Waals surface area contributed by atoms with Crippen LogP contribution in [0.4, 0.5) is 11.4 Å². The van der Waals surface area contributed by atoms with Crippen LogP contribution in [0.5, 0.6) is 0 Å². The summed E-state index contributed by atoms with van der Waals surface area (Å²) in [5, 5.41) is 3.07. The number of hydrogen-bond donors (Lipinski definition) is 2. The Morgan fingerprint density at radius 1 is 0.941 bits per heavy atom. The summed E-state index contributed by atoms with van der Waals surface area (Å²) < 4.78 is 0. The molecule has 17 heavy (non-hydrogen) atoms. The standard InChI is InChI=1S/C14H17N2P/c1-9-7-11(15)3-5-13(9)14-6-4-12(16-17)8-10(14)2/h3-8,16H,15,17H2,1-2H3. The smallest absolute Gasteiger partial charge is 0.0371 e. The first-order chi connectivity index (χ1) is 8.11. The molecule has 2 rings (SSSR count). The van der Waals surface area contributed by atoms with Gasteiger partial charge in [-0.2, -0.15) is 0 Å². The molecule has 2 nitrogen and oxygen atoms in total. The highest BCUT2D eigenvalue weighted by Gasteiger charge is 2.05. The number of anilines is 2. The van der Waals surface area contributed by atoms with Crippen molar-refractivity contribution in [2.24, 2.45) is 0 Å². The van der Waals surface area contributed by atoms with Crippen molar-refractivity contribution < 1.29 is 0 Å². The van der Waals surface area contributed by atoms with Crippen LogP contribution < -0.4 is 10.8 Å². The summed E-state index contributed by atoms with van der Waals surface area (Å²) in [5.74, 6) is 0. The van der Waals surface area contributed by atoms with Crippen LogP contribution in [0.3, 0.4) is 0 Å². The van der Waals surface area contributed by atoms with Gasteiger partial charge in [0.15, 0.2) is 0 Å². The molecule has 1 unspecified atom stereocenters. The van der Waals surface area contributed by atoms with E-state index in [1.165, 1.54) is 22.3 Å². The summed E-state index contributed by atoms with van der Waals surface area (Å²) in [6, 6.07) is 12.4. The molecular formula is C14H17N2P. The Kier molecular flexibility index (Phi) is 3.35. The van der Waals surface area contributed by atoms with Gasteiger partial charge in [-0.15, -0.1) is 0 Å². The maximum atomic E-state index is 5.78. The van der Waals surface area contributed by atoms with E-state index in [0.29, 0.717) is 0 Å². The lowest BCUT2D eigenvalue weighted by molar-refractivity contribution is 1.41. The van der Waals surface area contributed by atoms with Crippen LogP contribution >= 0.6 is 9.39 Å². The minimum Gasteiger partial charge on any atom is -0.399 e. The van der Waals surface area contributed by atoms with Crippen LogP contribution in [-0.4, -0.2) is 0 Å².